The molecule has 2 atom stereocenters. The molecule has 4 nitrogen and oxygen atoms in total. The van der Waals surface area contributed by atoms with Crippen molar-refractivity contribution >= 4 is 12.4 Å². The molecule has 1 aromatic rings. The first-order valence-corrected chi connectivity index (χ1v) is 7.13. The number of carbonyl (C=O) groups is 2. The van der Waals surface area contributed by atoms with Gasteiger partial charge in [0.1, 0.15) is 12.9 Å². The molecule has 0 bridgehead atoms. The summed E-state index contributed by atoms with van der Waals surface area (Å²) in [4.78, 5) is 24.1. The number of benzene rings is 1. The van der Waals surface area contributed by atoms with E-state index in [1.54, 1.807) is 4.90 Å². The monoisotopic (exact) mass is 275 g/mol. The molecule has 1 aliphatic heterocycles. The third-order valence-corrected chi connectivity index (χ3v) is 3.68. The summed E-state index contributed by atoms with van der Waals surface area (Å²) in [6, 6.07) is 10.2. The molecule has 0 N–H and O–H groups in total. The fourth-order valence-corrected chi connectivity index (χ4v) is 2.47. The number of hydrogen-bond acceptors (Lipinski definition) is 3. The third-order valence-electron chi connectivity index (χ3n) is 3.68. The highest BCUT2D eigenvalue weighted by Gasteiger charge is 2.32. The molecule has 1 amide bonds. The Morgan fingerprint density at radius 1 is 1.40 bits per heavy atom. The van der Waals surface area contributed by atoms with Crippen molar-refractivity contribution in [3.8, 4) is 0 Å². The van der Waals surface area contributed by atoms with E-state index in [4.69, 9.17) is 4.74 Å². The van der Waals surface area contributed by atoms with Gasteiger partial charge in [-0.15, -0.1) is 0 Å². The maximum atomic E-state index is 11.8. The minimum Gasteiger partial charge on any atom is -0.447 e. The molecule has 20 heavy (non-hydrogen) atoms. The van der Waals surface area contributed by atoms with Gasteiger partial charge in [0.05, 0.1) is 6.04 Å². The highest BCUT2D eigenvalue weighted by Crippen LogP contribution is 2.18. The van der Waals surface area contributed by atoms with Crippen LogP contribution in [0.5, 0.6) is 0 Å². The average Bonchev–Trinajstić information content (AvgIpc) is 2.81. The Bertz CT molecular complexity index is 446. The summed E-state index contributed by atoms with van der Waals surface area (Å²) in [6.45, 7) is 3.02. The van der Waals surface area contributed by atoms with Gasteiger partial charge in [0, 0.05) is 12.5 Å². The smallest absolute Gasteiger partial charge is 0.410 e. The molecule has 0 saturated carbocycles. The molecule has 108 valence electrons. The fourth-order valence-electron chi connectivity index (χ4n) is 2.47. The van der Waals surface area contributed by atoms with Crippen molar-refractivity contribution < 1.29 is 14.3 Å². The number of hydrogen-bond donors (Lipinski definition) is 0. The first-order chi connectivity index (χ1) is 9.70. The van der Waals surface area contributed by atoms with Gasteiger partial charge in [0.2, 0.25) is 0 Å². The summed E-state index contributed by atoms with van der Waals surface area (Å²) in [5.41, 5.74) is 1.21. The lowest BCUT2D eigenvalue weighted by Crippen LogP contribution is -2.36. The number of nitrogens with zero attached hydrogens (tertiary/aromatic N) is 1. The second kappa shape index (κ2) is 7.08. The van der Waals surface area contributed by atoms with Gasteiger partial charge in [-0.3, -0.25) is 0 Å². The summed E-state index contributed by atoms with van der Waals surface area (Å²) < 4.78 is 5.15. The fraction of sp³-hybridized carbons (Fsp3) is 0.500. The van der Waals surface area contributed by atoms with Crippen molar-refractivity contribution in [3.05, 3.63) is 35.9 Å². The van der Waals surface area contributed by atoms with Crippen LogP contribution in [0.2, 0.25) is 0 Å². The molecule has 0 radical (unpaired) electrons. The van der Waals surface area contributed by atoms with Crippen LogP contribution < -0.4 is 0 Å². The van der Waals surface area contributed by atoms with Crippen LogP contribution >= 0.6 is 0 Å². The van der Waals surface area contributed by atoms with E-state index in [-0.39, 0.29) is 18.1 Å². The van der Waals surface area contributed by atoms with E-state index >= 15 is 0 Å². The Morgan fingerprint density at radius 2 is 2.15 bits per heavy atom. The molecule has 1 unspecified atom stereocenters. The van der Waals surface area contributed by atoms with E-state index in [0.29, 0.717) is 13.2 Å². The first kappa shape index (κ1) is 14.6. The molecule has 1 fully saturated rings. The van der Waals surface area contributed by atoms with Crippen LogP contribution in [0.4, 0.5) is 4.79 Å². The molecule has 1 aliphatic rings. The highest BCUT2D eigenvalue weighted by molar-refractivity contribution is 5.70. The summed E-state index contributed by atoms with van der Waals surface area (Å²) in [5, 5.41) is 0. The highest BCUT2D eigenvalue weighted by atomic mass is 16.6. The Labute approximate surface area is 119 Å². The van der Waals surface area contributed by atoms with Crippen LogP contribution in [0.1, 0.15) is 25.3 Å². The molecule has 1 aromatic carbocycles. The van der Waals surface area contributed by atoms with Gasteiger partial charge in [-0.05, 0) is 24.8 Å². The van der Waals surface area contributed by atoms with Crippen molar-refractivity contribution in [1.82, 2.24) is 4.90 Å². The summed E-state index contributed by atoms with van der Waals surface area (Å²) in [7, 11) is 0. The molecule has 2 rings (SSSR count). The Morgan fingerprint density at radius 3 is 2.85 bits per heavy atom. The van der Waals surface area contributed by atoms with Crippen molar-refractivity contribution in [2.24, 2.45) is 5.92 Å². The zero-order valence-corrected chi connectivity index (χ0v) is 11.8. The van der Waals surface area contributed by atoms with Gasteiger partial charge < -0.3 is 14.4 Å². The molecule has 1 heterocycles. The van der Waals surface area contributed by atoms with Crippen LogP contribution in [0, 0.1) is 5.92 Å². The van der Waals surface area contributed by atoms with E-state index in [1.165, 1.54) is 5.56 Å². The van der Waals surface area contributed by atoms with Crippen molar-refractivity contribution in [2.75, 3.05) is 13.2 Å². The van der Waals surface area contributed by atoms with Crippen LogP contribution in [-0.2, 0) is 16.0 Å². The van der Waals surface area contributed by atoms with Crippen LogP contribution in [0.3, 0.4) is 0 Å². The van der Waals surface area contributed by atoms with E-state index in [2.05, 4.69) is 12.1 Å². The predicted octanol–water partition coefficient (Wildman–Crippen LogP) is 2.67. The lowest BCUT2D eigenvalue weighted by molar-refractivity contribution is -0.110. The molecule has 1 saturated heterocycles. The van der Waals surface area contributed by atoms with E-state index < -0.39 is 0 Å². The van der Waals surface area contributed by atoms with Crippen LogP contribution in [0.25, 0.3) is 0 Å². The number of rotatable bonds is 7. The Kier molecular flexibility index (Phi) is 5.16. The Hall–Kier alpha value is -1.84. The topological polar surface area (TPSA) is 46.6 Å². The lowest BCUT2D eigenvalue weighted by Gasteiger charge is -2.21. The maximum Gasteiger partial charge on any atom is 0.410 e. The minimum atomic E-state index is -0.232. The number of aldehydes is 1. The van der Waals surface area contributed by atoms with Gasteiger partial charge in [0.15, 0.2) is 0 Å². The zero-order valence-electron chi connectivity index (χ0n) is 11.8. The molecule has 0 aromatic heterocycles. The van der Waals surface area contributed by atoms with Gasteiger partial charge in [0.25, 0.3) is 0 Å². The number of ether oxygens (including phenoxy) is 1. The standard InChI is InChI=1S/C16H21NO3/c1-13(11-18)6-5-9-17-15(12-20-16(17)19)10-14-7-3-2-4-8-14/h2-4,7-8,11,13,15H,5-6,9-10,12H2,1H3/t13?,15-/m0/s1. The maximum absolute atomic E-state index is 11.8. The quantitative estimate of drug-likeness (QED) is 0.719. The van der Waals surface area contributed by atoms with E-state index in [1.807, 2.05) is 25.1 Å². The average molecular weight is 275 g/mol. The normalized spacial score (nSPS) is 19.8. The van der Waals surface area contributed by atoms with Crippen molar-refractivity contribution in [3.63, 3.8) is 0 Å². The first-order valence-electron chi connectivity index (χ1n) is 7.13. The second-order valence-electron chi connectivity index (χ2n) is 5.37. The molecule has 0 aliphatic carbocycles. The molecule has 0 spiro atoms. The van der Waals surface area contributed by atoms with Gasteiger partial charge in [-0.1, -0.05) is 37.3 Å². The van der Waals surface area contributed by atoms with Crippen molar-refractivity contribution in [2.45, 2.75) is 32.2 Å². The predicted molar refractivity (Wildman–Crippen MR) is 76.5 cm³/mol. The molecular weight excluding hydrogens is 254 g/mol. The number of carbonyl (C=O) groups excluding carboxylic acids is 2. The van der Waals surface area contributed by atoms with Gasteiger partial charge in [-0.25, -0.2) is 4.79 Å². The summed E-state index contributed by atoms with van der Waals surface area (Å²) in [5.74, 6) is 0.0567. The van der Waals surface area contributed by atoms with E-state index in [9.17, 15) is 9.59 Å². The van der Waals surface area contributed by atoms with E-state index in [0.717, 1.165) is 25.5 Å². The second-order valence-corrected chi connectivity index (χ2v) is 5.37. The zero-order chi connectivity index (χ0) is 14.4. The van der Waals surface area contributed by atoms with Gasteiger partial charge >= 0.3 is 6.09 Å². The number of cyclic esters (lactones) is 1. The molecule has 4 heteroatoms. The van der Waals surface area contributed by atoms with Crippen LogP contribution in [0.15, 0.2) is 30.3 Å². The van der Waals surface area contributed by atoms with Gasteiger partial charge in [-0.2, -0.15) is 0 Å². The molecular formula is C16H21NO3. The summed E-state index contributed by atoms with van der Waals surface area (Å²) in [6.07, 6.45) is 3.19. The number of amides is 1. The largest absolute Gasteiger partial charge is 0.447 e. The van der Waals surface area contributed by atoms with Crippen molar-refractivity contribution in [1.29, 1.82) is 0 Å². The Balaban J connectivity index is 1.88. The lowest BCUT2D eigenvalue weighted by atomic mass is 10.0. The minimum absolute atomic E-state index is 0.0567. The summed E-state index contributed by atoms with van der Waals surface area (Å²) >= 11 is 0. The third kappa shape index (κ3) is 3.83. The SMILES string of the molecule is CC(C=O)CCCN1C(=O)OC[C@@H]1Cc1ccccc1. The van der Waals surface area contributed by atoms with Crippen LogP contribution in [-0.4, -0.2) is 36.5 Å².